The Bertz CT molecular complexity index is 467. The number of rotatable bonds is 6. The highest BCUT2D eigenvalue weighted by atomic mass is 32.2. The van der Waals surface area contributed by atoms with Crippen LogP contribution >= 0.6 is 0 Å². The second-order valence-corrected chi connectivity index (χ2v) is 5.58. The van der Waals surface area contributed by atoms with Crippen LogP contribution in [0, 0.1) is 5.92 Å². The Hall–Kier alpha value is -1.34. The zero-order valence-corrected chi connectivity index (χ0v) is 10.5. The number of carbonyl (C=O) groups is 1. The molecule has 0 amide bonds. The summed E-state index contributed by atoms with van der Waals surface area (Å²) in [5, 5.41) is 9.00. The van der Waals surface area contributed by atoms with Gasteiger partial charge in [0.1, 0.15) is 6.04 Å². The Morgan fingerprint density at radius 2 is 2.24 bits per heavy atom. The van der Waals surface area contributed by atoms with E-state index in [9.17, 15) is 13.2 Å². The second-order valence-electron chi connectivity index (χ2n) is 3.87. The summed E-state index contributed by atoms with van der Waals surface area (Å²) >= 11 is 0. The van der Waals surface area contributed by atoms with Crippen molar-refractivity contribution in [1.82, 2.24) is 9.71 Å². The van der Waals surface area contributed by atoms with Gasteiger partial charge in [-0.1, -0.05) is 20.3 Å². The van der Waals surface area contributed by atoms with Gasteiger partial charge in [0, 0.05) is 12.4 Å². The van der Waals surface area contributed by atoms with Gasteiger partial charge in [-0.15, -0.1) is 0 Å². The highest BCUT2D eigenvalue weighted by molar-refractivity contribution is 7.89. The van der Waals surface area contributed by atoms with Crippen LogP contribution in [-0.4, -0.2) is 30.5 Å². The molecule has 0 aliphatic carbocycles. The molecule has 1 aromatic heterocycles. The normalized spacial score (nSPS) is 15.4. The number of aromatic amines is 1. The Morgan fingerprint density at radius 3 is 2.65 bits per heavy atom. The van der Waals surface area contributed by atoms with E-state index in [1.54, 1.807) is 6.92 Å². The van der Waals surface area contributed by atoms with E-state index in [0.717, 1.165) is 0 Å². The molecule has 0 aromatic carbocycles. The van der Waals surface area contributed by atoms with Gasteiger partial charge < -0.3 is 10.1 Å². The molecule has 7 heteroatoms. The van der Waals surface area contributed by atoms with E-state index in [1.807, 2.05) is 6.92 Å². The standard InChI is InChI=1S/C10H16N2O4S/c1-3-7(2)9(10(13)14)12-17(15,16)8-4-5-11-6-8/h4-7,9,11-12H,3H2,1-2H3,(H,13,14)/t7-,9-/m0/s1. The molecule has 6 nitrogen and oxygen atoms in total. The molecule has 1 heterocycles. The van der Waals surface area contributed by atoms with Gasteiger partial charge >= 0.3 is 5.97 Å². The van der Waals surface area contributed by atoms with Crippen LogP contribution in [0.15, 0.2) is 23.4 Å². The molecule has 0 bridgehead atoms. The van der Waals surface area contributed by atoms with Crippen LogP contribution in [0.25, 0.3) is 0 Å². The van der Waals surface area contributed by atoms with Crippen molar-refractivity contribution >= 4 is 16.0 Å². The van der Waals surface area contributed by atoms with Crippen LogP contribution in [0.2, 0.25) is 0 Å². The van der Waals surface area contributed by atoms with Crippen molar-refractivity contribution in [3.63, 3.8) is 0 Å². The number of sulfonamides is 1. The molecule has 0 aliphatic heterocycles. The van der Waals surface area contributed by atoms with E-state index in [2.05, 4.69) is 9.71 Å². The smallest absolute Gasteiger partial charge is 0.322 e. The Morgan fingerprint density at radius 1 is 1.59 bits per heavy atom. The summed E-state index contributed by atoms with van der Waals surface area (Å²) in [6, 6.07) is 0.262. The third-order valence-electron chi connectivity index (χ3n) is 2.64. The summed E-state index contributed by atoms with van der Waals surface area (Å²) in [6.45, 7) is 3.50. The zero-order valence-electron chi connectivity index (χ0n) is 9.67. The molecule has 1 aromatic rings. The minimum atomic E-state index is -3.78. The van der Waals surface area contributed by atoms with E-state index in [4.69, 9.17) is 5.11 Å². The first-order valence-electron chi connectivity index (χ1n) is 5.26. The molecule has 17 heavy (non-hydrogen) atoms. The molecule has 0 aliphatic rings. The van der Waals surface area contributed by atoms with E-state index < -0.39 is 22.0 Å². The van der Waals surface area contributed by atoms with Gasteiger partial charge in [0.25, 0.3) is 0 Å². The number of aromatic nitrogens is 1. The lowest BCUT2D eigenvalue weighted by molar-refractivity contribution is -0.140. The van der Waals surface area contributed by atoms with Crippen molar-refractivity contribution in [2.75, 3.05) is 0 Å². The third kappa shape index (κ3) is 3.31. The fourth-order valence-electron chi connectivity index (χ4n) is 1.36. The predicted octanol–water partition coefficient (Wildman–Crippen LogP) is 0.792. The summed E-state index contributed by atoms with van der Waals surface area (Å²) in [5.74, 6) is -1.44. The predicted molar refractivity (Wildman–Crippen MR) is 62.0 cm³/mol. The second kappa shape index (κ2) is 5.33. The maximum Gasteiger partial charge on any atom is 0.322 e. The molecule has 96 valence electrons. The molecule has 0 fully saturated rings. The van der Waals surface area contributed by atoms with Gasteiger partial charge in [-0.2, -0.15) is 4.72 Å². The van der Waals surface area contributed by atoms with Crippen LogP contribution in [0.4, 0.5) is 0 Å². The molecule has 0 saturated carbocycles. The minimum Gasteiger partial charge on any atom is -0.480 e. The average Bonchev–Trinajstić information content (AvgIpc) is 2.78. The molecule has 1 rings (SSSR count). The average molecular weight is 260 g/mol. The Kier molecular flexibility index (Phi) is 4.30. The van der Waals surface area contributed by atoms with Crippen molar-refractivity contribution in [3.8, 4) is 0 Å². The quantitative estimate of drug-likeness (QED) is 0.704. The number of aliphatic carboxylic acids is 1. The van der Waals surface area contributed by atoms with E-state index in [1.165, 1.54) is 18.5 Å². The van der Waals surface area contributed by atoms with E-state index >= 15 is 0 Å². The van der Waals surface area contributed by atoms with Crippen molar-refractivity contribution in [2.24, 2.45) is 5.92 Å². The summed E-state index contributed by atoms with van der Waals surface area (Å²) in [7, 11) is -3.78. The van der Waals surface area contributed by atoms with Crippen molar-refractivity contribution in [3.05, 3.63) is 18.5 Å². The number of hydrogen-bond acceptors (Lipinski definition) is 3. The summed E-state index contributed by atoms with van der Waals surface area (Å²) in [4.78, 5) is 13.7. The molecular weight excluding hydrogens is 244 g/mol. The van der Waals surface area contributed by atoms with Crippen LogP contribution in [0.1, 0.15) is 20.3 Å². The fraction of sp³-hybridized carbons (Fsp3) is 0.500. The Balaban J connectivity index is 2.92. The fourth-order valence-corrected chi connectivity index (χ4v) is 2.63. The van der Waals surface area contributed by atoms with Crippen LogP contribution in [0.5, 0.6) is 0 Å². The molecule has 2 atom stereocenters. The molecule has 0 radical (unpaired) electrons. The first kappa shape index (κ1) is 13.7. The van der Waals surface area contributed by atoms with Gasteiger partial charge in [0.2, 0.25) is 10.0 Å². The number of nitrogens with one attached hydrogen (secondary N) is 2. The zero-order chi connectivity index (χ0) is 13.1. The highest BCUT2D eigenvalue weighted by Crippen LogP contribution is 2.13. The van der Waals surface area contributed by atoms with E-state index in [0.29, 0.717) is 6.42 Å². The van der Waals surface area contributed by atoms with Crippen LogP contribution in [0.3, 0.4) is 0 Å². The maximum absolute atomic E-state index is 11.8. The van der Waals surface area contributed by atoms with Gasteiger partial charge in [-0.05, 0) is 12.0 Å². The molecule has 3 N–H and O–H groups in total. The molecule has 0 unspecified atom stereocenters. The van der Waals surface area contributed by atoms with Crippen molar-refractivity contribution in [1.29, 1.82) is 0 Å². The number of hydrogen-bond donors (Lipinski definition) is 3. The van der Waals surface area contributed by atoms with Gasteiger partial charge in [-0.25, -0.2) is 8.42 Å². The monoisotopic (exact) mass is 260 g/mol. The first-order valence-corrected chi connectivity index (χ1v) is 6.74. The largest absolute Gasteiger partial charge is 0.480 e. The van der Waals surface area contributed by atoms with Crippen molar-refractivity contribution < 1.29 is 18.3 Å². The summed E-state index contributed by atoms with van der Waals surface area (Å²) in [6.07, 6.45) is 3.35. The van der Waals surface area contributed by atoms with Crippen molar-refractivity contribution in [2.45, 2.75) is 31.2 Å². The minimum absolute atomic E-state index is 0.0343. The molecule has 0 spiro atoms. The first-order chi connectivity index (χ1) is 7.88. The lowest BCUT2D eigenvalue weighted by atomic mass is 10.0. The molecule has 0 saturated heterocycles. The molecular formula is C10H16N2O4S. The third-order valence-corrected chi connectivity index (χ3v) is 4.08. The summed E-state index contributed by atoms with van der Waals surface area (Å²) < 4.78 is 25.9. The van der Waals surface area contributed by atoms with Gasteiger partial charge in [0.15, 0.2) is 0 Å². The van der Waals surface area contributed by atoms with E-state index in [-0.39, 0.29) is 10.8 Å². The topological polar surface area (TPSA) is 99.3 Å². The van der Waals surface area contributed by atoms with Crippen LogP contribution < -0.4 is 4.72 Å². The highest BCUT2D eigenvalue weighted by Gasteiger charge is 2.29. The van der Waals surface area contributed by atoms with Crippen LogP contribution in [-0.2, 0) is 14.8 Å². The number of carboxylic acids is 1. The number of H-pyrrole nitrogens is 1. The maximum atomic E-state index is 11.8. The SMILES string of the molecule is CC[C@H](C)[C@H](NS(=O)(=O)c1cc[nH]c1)C(=O)O. The lowest BCUT2D eigenvalue weighted by Gasteiger charge is -2.19. The van der Waals surface area contributed by atoms with Gasteiger partial charge in [0.05, 0.1) is 4.90 Å². The summed E-state index contributed by atoms with van der Waals surface area (Å²) in [5.41, 5.74) is 0. The van der Waals surface area contributed by atoms with Gasteiger partial charge in [-0.3, -0.25) is 4.79 Å². The Labute approximate surface area is 100 Å². The lowest BCUT2D eigenvalue weighted by Crippen LogP contribution is -2.44. The number of carboxylic acid groups (broad SMARTS) is 1.